The normalized spacial score (nSPS) is 12.0. The number of carbonyl (C=O) groups excluding carboxylic acids is 1. The van der Waals surface area contributed by atoms with Crippen LogP contribution in [-0.2, 0) is 4.74 Å². The number of hydrogen-bond acceptors (Lipinski definition) is 4. The number of ether oxygens (including phenoxy) is 1. The van der Waals surface area contributed by atoms with Crippen molar-refractivity contribution in [1.82, 2.24) is 5.32 Å². The lowest BCUT2D eigenvalue weighted by Gasteiger charge is -2.13. The van der Waals surface area contributed by atoms with Gasteiger partial charge in [-0.15, -0.1) is 0 Å². The van der Waals surface area contributed by atoms with Gasteiger partial charge in [0.2, 0.25) is 0 Å². The van der Waals surface area contributed by atoms with E-state index >= 15 is 0 Å². The van der Waals surface area contributed by atoms with E-state index in [-0.39, 0.29) is 21.7 Å². The van der Waals surface area contributed by atoms with Gasteiger partial charge in [0.15, 0.2) is 0 Å². The minimum absolute atomic E-state index is 0.0384. The quantitative estimate of drug-likeness (QED) is 0.645. The summed E-state index contributed by atoms with van der Waals surface area (Å²) in [5, 5.41) is 13.3. The van der Waals surface area contributed by atoms with Crippen LogP contribution in [0, 0.1) is 10.1 Å². The molecule has 6 nitrogen and oxygen atoms in total. The Morgan fingerprint density at radius 2 is 2.15 bits per heavy atom. The maximum absolute atomic E-state index is 12.0. The third-order valence-electron chi connectivity index (χ3n) is 2.42. The number of halogens is 2. The molecule has 0 aromatic heterocycles. The predicted octanol–water partition coefficient (Wildman–Crippen LogP) is 3.06. The molecule has 0 fully saturated rings. The molecule has 0 heterocycles. The average Bonchev–Trinajstić information content (AvgIpc) is 2.38. The minimum Gasteiger partial charge on any atom is -0.380 e. The zero-order valence-electron chi connectivity index (χ0n) is 11.0. The van der Waals surface area contributed by atoms with Gasteiger partial charge in [-0.25, -0.2) is 0 Å². The molecule has 0 aliphatic carbocycles. The fourth-order valence-corrected chi connectivity index (χ4v) is 1.87. The van der Waals surface area contributed by atoms with Gasteiger partial charge in [-0.1, -0.05) is 23.2 Å². The molecule has 0 aliphatic rings. The Bertz CT molecular complexity index is 522. The van der Waals surface area contributed by atoms with Gasteiger partial charge in [-0.2, -0.15) is 0 Å². The molecule has 0 radical (unpaired) electrons. The Kier molecular flexibility index (Phi) is 6.19. The van der Waals surface area contributed by atoms with E-state index in [1.165, 1.54) is 6.07 Å². The van der Waals surface area contributed by atoms with E-state index < -0.39 is 16.5 Å². The average molecular weight is 321 g/mol. The first-order chi connectivity index (χ1) is 9.36. The second-order valence-corrected chi connectivity index (χ2v) is 4.87. The van der Waals surface area contributed by atoms with Crippen LogP contribution in [0.25, 0.3) is 0 Å². The predicted molar refractivity (Wildman–Crippen MR) is 76.5 cm³/mol. The lowest BCUT2D eigenvalue weighted by atomic mass is 10.1. The van der Waals surface area contributed by atoms with E-state index in [1.807, 2.05) is 6.92 Å². The molecule has 8 heteroatoms. The Morgan fingerprint density at radius 1 is 1.50 bits per heavy atom. The van der Waals surface area contributed by atoms with Crippen molar-refractivity contribution in [2.75, 3.05) is 13.2 Å². The van der Waals surface area contributed by atoms with Crippen molar-refractivity contribution in [3.8, 4) is 0 Å². The second-order valence-electron chi connectivity index (χ2n) is 4.08. The van der Waals surface area contributed by atoms with Crippen molar-refractivity contribution in [3.63, 3.8) is 0 Å². The largest absolute Gasteiger partial charge is 0.380 e. The Morgan fingerprint density at radius 3 is 2.70 bits per heavy atom. The van der Waals surface area contributed by atoms with Gasteiger partial charge in [0.25, 0.3) is 11.6 Å². The number of nitro groups is 1. The van der Waals surface area contributed by atoms with E-state index in [0.717, 1.165) is 6.07 Å². The number of rotatable bonds is 6. The van der Waals surface area contributed by atoms with Gasteiger partial charge in [0.05, 0.1) is 16.6 Å². The summed E-state index contributed by atoms with van der Waals surface area (Å²) in [5.74, 6) is -0.473. The van der Waals surface area contributed by atoms with Crippen molar-refractivity contribution in [2.24, 2.45) is 0 Å². The van der Waals surface area contributed by atoms with Crippen LogP contribution in [0.2, 0.25) is 10.0 Å². The molecule has 1 amide bonds. The van der Waals surface area contributed by atoms with E-state index in [0.29, 0.717) is 13.2 Å². The fraction of sp³-hybridized carbons (Fsp3) is 0.417. The van der Waals surface area contributed by atoms with Gasteiger partial charge in [-0.3, -0.25) is 14.9 Å². The van der Waals surface area contributed by atoms with Crippen LogP contribution in [0.4, 0.5) is 5.69 Å². The summed E-state index contributed by atoms with van der Waals surface area (Å²) < 4.78 is 5.17. The summed E-state index contributed by atoms with van der Waals surface area (Å²) in [4.78, 5) is 22.1. The van der Waals surface area contributed by atoms with Crippen LogP contribution in [0.5, 0.6) is 0 Å². The summed E-state index contributed by atoms with van der Waals surface area (Å²) in [6.45, 7) is 4.50. The van der Waals surface area contributed by atoms with Crippen LogP contribution in [0.1, 0.15) is 24.2 Å². The molecule has 0 saturated carbocycles. The first-order valence-corrected chi connectivity index (χ1v) is 6.64. The van der Waals surface area contributed by atoms with E-state index in [9.17, 15) is 14.9 Å². The first-order valence-electron chi connectivity index (χ1n) is 5.88. The molecule has 20 heavy (non-hydrogen) atoms. The standard InChI is InChI=1S/C12H14Cl2N2O4/c1-3-20-6-7(2)15-12(17)8-4-9(13)11(14)10(5-8)16(18)19/h4-5,7H,3,6H2,1-2H3,(H,15,17). The number of amides is 1. The van der Waals surface area contributed by atoms with Crippen molar-refractivity contribution >= 4 is 34.8 Å². The van der Waals surface area contributed by atoms with Crippen LogP contribution >= 0.6 is 23.2 Å². The van der Waals surface area contributed by atoms with E-state index in [1.54, 1.807) is 6.92 Å². The zero-order chi connectivity index (χ0) is 15.3. The molecular formula is C12H14Cl2N2O4. The van der Waals surface area contributed by atoms with E-state index in [4.69, 9.17) is 27.9 Å². The maximum Gasteiger partial charge on any atom is 0.290 e. The monoisotopic (exact) mass is 320 g/mol. The molecule has 1 aromatic rings. The molecule has 110 valence electrons. The van der Waals surface area contributed by atoms with Crippen LogP contribution in [0.15, 0.2) is 12.1 Å². The highest BCUT2D eigenvalue weighted by atomic mass is 35.5. The molecule has 1 N–H and O–H groups in total. The van der Waals surface area contributed by atoms with Crippen molar-refractivity contribution < 1.29 is 14.5 Å². The summed E-state index contributed by atoms with van der Waals surface area (Å²) in [6.07, 6.45) is 0. The highest BCUT2D eigenvalue weighted by Gasteiger charge is 2.20. The fourth-order valence-electron chi connectivity index (χ4n) is 1.48. The van der Waals surface area contributed by atoms with Gasteiger partial charge >= 0.3 is 0 Å². The number of hydrogen-bond donors (Lipinski definition) is 1. The molecule has 1 atom stereocenters. The molecule has 0 bridgehead atoms. The highest BCUT2D eigenvalue weighted by Crippen LogP contribution is 2.33. The zero-order valence-corrected chi connectivity index (χ0v) is 12.5. The van der Waals surface area contributed by atoms with Crippen LogP contribution in [0.3, 0.4) is 0 Å². The smallest absolute Gasteiger partial charge is 0.290 e. The van der Waals surface area contributed by atoms with Gasteiger partial charge < -0.3 is 10.1 Å². The van der Waals surface area contributed by atoms with Crippen molar-refractivity contribution in [3.05, 3.63) is 37.9 Å². The second kappa shape index (κ2) is 7.42. The number of carbonyl (C=O) groups is 1. The summed E-state index contributed by atoms with van der Waals surface area (Å²) >= 11 is 11.5. The van der Waals surface area contributed by atoms with E-state index in [2.05, 4.69) is 5.32 Å². The lowest BCUT2D eigenvalue weighted by Crippen LogP contribution is -2.35. The van der Waals surface area contributed by atoms with Gasteiger partial charge in [0.1, 0.15) is 5.02 Å². The number of nitrogens with zero attached hydrogens (tertiary/aromatic N) is 1. The summed E-state index contributed by atoms with van der Waals surface area (Å²) in [6, 6.07) is 2.16. The van der Waals surface area contributed by atoms with Crippen molar-refractivity contribution in [1.29, 1.82) is 0 Å². The SMILES string of the molecule is CCOCC(C)NC(=O)c1cc(Cl)c(Cl)c([N+](=O)[O-])c1. The molecule has 1 rings (SSSR count). The van der Waals surface area contributed by atoms with Gasteiger partial charge in [-0.05, 0) is 19.9 Å². The molecule has 0 saturated heterocycles. The van der Waals surface area contributed by atoms with Crippen molar-refractivity contribution in [2.45, 2.75) is 19.9 Å². The number of benzene rings is 1. The topological polar surface area (TPSA) is 81.5 Å². The number of nitrogens with one attached hydrogen (secondary N) is 1. The molecule has 1 unspecified atom stereocenters. The lowest BCUT2D eigenvalue weighted by molar-refractivity contribution is -0.384. The Labute approximate surface area is 126 Å². The minimum atomic E-state index is -0.686. The third kappa shape index (κ3) is 4.33. The first kappa shape index (κ1) is 16.7. The molecule has 0 aliphatic heterocycles. The van der Waals surface area contributed by atoms with Crippen LogP contribution in [-0.4, -0.2) is 30.1 Å². The van der Waals surface area contributed by atoms with Crippen LogP contribution < -0.4 is 5.32 Å². The maximum atomic E-state index is 12.0. The Balaban J connectivity index is 2.91. The molecule has 1 aromatic carbocycles. The summed E-state index contributed by atoms with van der Waals surface area (Å²) in [7, 11) is 0. The molecule has 0 spiro atoms. The Hall–Kier alpha value is -1.37. The number of nitro benzene ring substituents is 1. The molecular weight excluding hydrogens is 307 g/mol. The highest BCUT2D eigenvalue weighted by molar-refractivity contribution is 6.43. The summed E-state index contributed by atoms with van der Waals surface area (Å²) in [5.41, 5.74) is -0.323. The van der Waals surface area contributed by atoms with Gasteiger partial charge in [0, 0.05) is 24.3 Å². The third-order valence-corrected chi connectivity index (χ3v) is 3.21.